The molecule has 3 aromatic rings. The van der Waals surface area contributed by atoms with E-state index in [-0.39, 0.29) is 0 Å². The third-order valence-corrected chi connectivity index (χ3v) is 4.79. The lowest BCUT2D eigenvalue weighted by Crippen LogP contribution is -1.88. The van der Waals surface area contributed by atoms with Crippen molar-refractivity contribution in [2.45, 2.75) is 13.3 Å². The first-order valence-corrected chi connectivity index (χ1v) is 7.18. The minimum Gasteiger partial charge on any atom is -0.290 e. The van der Waals surface area contributed by atoms with Crippen molar-refractivity contribution < 1.29 is 0 Å². The Kier molecular flexibility index (Phi) is 3.06. The predicted molar refractivity (Wildman–Crippen MR) is 77.9 cm³/mol. The van der Waals surface area contributed by atoms with Crippen LogP contribution in [0.15, 0.2) is 30.6 Å². The van der Waals surface area contributed by atoms with Gasteiger partial charge in [0.1, 0.15) is 0 Å². The Morgan fingerprint density at radius 2 is 2.11 bits per heavy atom. The summed E-state index contributed by atoms with van der Waals surface area (Å²) in [4.78, 5) is 6.65. The van der Waals surface area contributed by atoms with E-state index in [1.807, 2.05) is 30.6 Å². The quantitative estimate of drug-likeness (QED) is 0.655. The number of benzene rings is 1. The zero-order chi connectivity index (χ0) is 12.7. The summed E-state index contributed by atoms with van der Waals surface area (Å²) in [5.74, 6) is 0. The third-order valence-electron chi connectivity index (χ3n) is 2.84. The van der Waals surface area contributed by atoms with Crippen molar-refractivity contribution in [1.29, 1.82) is 0 Å². The summed E-state index contributed by atoms with van der Waals surface area (Å²) in [6, 6.07) is 5.73. The molecule has 0 aliphatic heterocycles. The van der Waals surface area contributed by atoms with Crippen LogP contribution in [-0.2, 0) is 6.42 Å². The maximum absolute atomic E-state index is 6.10. The Morgan fingerprint density at radius 1 is 1.28 bits per heavy atom. The first-order valence-electron chi connectivity index (χ1n) is 5.61. The van der Waals surface area contributed by atoms with Gasteiger partial charge in [0, 0.05) is 22.8 Å². The van der Waals surface area contributed by atoms with Crippen LogP contribution in [0.4, 0.5) is 0 Å². The van der Waals surface area contributed by atoms with Gasteiger partial charge in [-0.2, -0.15) is 0 Å². The molecule has 2 aromatic heterocycles. The summed E-state index contributed by atoms with van der Waals surface area (Å²) in [6.45, 7) is 2.15. The molecular weight excluding hydrogens is 287 g/mol. The van der Waals surface area contributed by atoms with E-state index in [1.165, 1.54) is 4.88 Å². The summed E-state index contributed by atoms with van der Waals surface area (Å²) in [5.41, 5.74) is 2.24. The molecule has 0 radical (unpaired) electrons. The number of aromatic nitrogens is 2. The van der Waals surface area contributed by atoms with E-state index < -0.39 is 0 Å². The highest BCUT2D eigenvalue weighted by Crippen LogP contribution is 2.34. The SMILES string of the molecule is CCc1sc2nccn2c1-c1ccc(Cl)c(Cl)c1. The molecule has 5 heteroatoms. The smallest absolute Gasteiger partial charge is 0.194 e. The van der Waals surface area contributed by atoms with Crippen LogP contribution in [0.2, 0.25) is 10.0 Å². The highest BCUT2D eigenvalue weighted by molar-refractivity contribution is 7.17. The molecule has 0 aliphatic rings. The van der Waals surface area contributed by atoms with Crippen molar-refractivity contribution in [1.82, 2.24) is 9.38 Å². The molecule has 0 saturated heterocycles. The highest BCUT2D eigenvalue weighted by atomic mass is 35.5. The lowest BCUT2D eigenvalue weighted by atomic mass is 10.1. The van der Waals surface area contributed by atoms with Gasteiger partial charge in [-0.15, -0.1) is 11.3 Å². The number of nitrogens with zero attached hydrogens (tertiary/aromatic N) is 2. The zero-order valence-corrected chi connectivity index (χ0v) is 12.0. The van der Waals surface area contributed by atoms with Gasteiger partial charge < -0.3 is 0 Å². The van der Waals surface area contributed by atoms with E-state index in [0.29, 0.717) is 10.0 Å². The van der Waals surface area contributed by atoms with Crippen LogP contribution in [-0.4, -0.2) is 9.38 Å². The summed E-state index contributed by atoms with van der Waals surface area (Å²) >= 11 is 13.8. The van der Waals surface area contributed by atoms with Crippen LogP contribution in [0, 0.1) is 0 Å². The summed E-state index contributed by atoms with van der Waals surface area (Å²) < 4.78 is 2.10. The maximum atomic E-state index is 6.10. The number of halogens is 2. The van der Waals surface area contributed by atoms with Gasteiger partial charge in [-0.25, -0.2) is 4.98 Å². The summed E-state index contributed by atoms with van der Waals surface area (Å²) in [6.07, 6.45) is 4.76. The molecule has 2 heterocycles. The van der Waals surface area contributed by atoms with Gasteiger partial charge in [-0.05, 0) is 18.6 Å². The van der Waals surface area contributed by atoms with Crippen LogP contribution < -0.4 is 0 Å². The van der Waals surface area contributed by atoms with E-state index in [9.17, 15) is 0 Å². The van der Waals surface area contributed by atoms with Crippen molar-refractivity contribution in [3.63, 3.8) is 0 Å². The molecule has 0 aliphatic carbocycles. The monoisotopic (exact) mass is 296 g/mol. The number of fused-ring (bicyclic) bond motifs is 1. The van der Waals surface area contributed by atoms with Gasteiger partial charge in [-0.3, -0.25) is 4.40 Å². The Balaban J connectivity index is 2.28. The summed E-state index contributed by atoms with van der Waals surface area (Å²) in [5, 5.41) is 1.16. The first kappa shape index (κ1) is 12.0. The van der Waals surface area contributed by atoms with Crippen LogP contribution >= 0.6 is 34.5 Å². The van der Waals surface area contributed by atoms with E-state index in [4.69, 9.17) is 23.2 Å². The van der Waals surface area contributed by atoms with Gasteiger partial charge in [0.05, 0.1) is 15.7 Å². The van der Waals surface area contributed by atoms with E-state index >= 15 is 0 Å². The summed E-state index contributed by atoms with van der Waals surface area (Å²) in [7, 11) is 0. The molecule has 92 valence electrons. The second kappa shape index (κ2) is 4.57. The molecular formula is C13H10Cl2N2S. The van der Waals surface area contributed by atoms with Crippen LogP contribution in [0.25, 0.3) is 16.2 Å². The van der Waals surface area contributed by atoms with Gasteiger partial charge >= 0.3 is 0 Å². The molecule has 0 bridgehead atoms. The molecule has 18 heavy (non-hydrogen) atoms. The fourth-order valence-corrected chi connectivity index (χ4v) is 3.35. The van der Waals surface area contributed by atoms with Crippen molar-refractivity contribution >= 4 is 39.5 Å². The van der Waals surface area contributed by atoms with Gasteiger partial charge in [0.15, 0.2) is 4.96 Å². The molecule has 3 rings (SSSR count). The number of thiazole rings is 1. The molecule has 0 saturated carbocycles. The third kappa shape index (κ3) is 1.83. The lowest BCUT2D eigenvalue weighted by Gasteiger charge is -2.05. The Hall–Kier alpha value is -1.03. The minimum absolute atomic E-state index is 0.579. The standard InChI is InChI=1S/C13H10Cl2N2S/c1-2-11-12(17-6-5-16-13(17)18-11)8-3-4-9(14)10(15)7-8/h3-7H,2H2,1H3. The molecule has 2 nitrogen and oxygen atoms in total. The van der Waals surface area contributed by atoms with Crippen LogP contribution in [0.3, 0.4) is 0 Å². The van der Waals surface area contributed by atoms with Crippen molar-refractivity contribution in [3.8, 4) is 11.3 Å². The second-order valence-electron chi connectivity index (χ2n) is 3.94. The van der Waals surface area contributed by atoms with E-state index in [1.54, 1.807) is 11.3 Å². The Morgan fingerprint density at radius 3 is 2.83 bits per heavy atom. The van der Waals surface area contributed by atoms with E-state index in [0.717, 1.165) is 22.6 Å². The molecule has 0 N–H and O–H groups in total. The lowest BCUT2D eigenvalue weighted by molar-refractivity contribution is 1.14. The van der Waals surface area contributed by atoms with Crippen molar-refractivity contribution in [2.24, 2.45) is 0 Å². The van der Waals surface area contributed by atoms with E-state index in [2.05, 4.69) is 16.3 Å². The van der Waals surface area contributed by atoms with Crippen LogP contribution in [0.1, 0.15) is 11.8 Å². The van der Waals surface area contributed by atoms with Crippen molar-refractivity contribution in [2.75, 3.05) is 0 Å². The van der Waals surface area contributed by atoms with Gasteiger partial charge in [-0.1, -0.05) is 36.2 Å². The maximum Gasteiger partial charge on any atom is 0.194 e. The Bertz CT molecular complexity index is 715. The highest BCUT2D eigenvalue weighted by Gasteiger charge is 2.14. The van der Waals surface area contributed by atoms with Crippen molar-refractivity contribution in [3.05, 3.63) is 45.5 Å². The number of rotatable bonds is 2. The fourth-order valence-electron chi connectivity index (χ4n) is 2.01. The number of aryl methyl sites for hydroxylation is 1. The van der Waals surface area contributed by atoms with Gasteiger partial charge in [0.2, 0.25) is 0 Å². The molecule has 1 aromatic carbocycles. The normalized spacial score (nSPS) is 11.3. The molecule has 0 unspecified atom stereocenters. The first-order chi connectivity index (χ1) is 8.70. The molecule has 0 fully saturated rings. The van der Waals surface area contributed by atoms with Gasteiger partial charge in [0.25, 0.3) is 0 Å². The average Bonchev–Trinajstić information content (AvgIpc) is 2.92. The topological polar surface area (TPSA) is 17.3 Å². The largest absolute Gasteiger partial charge is 0.290 e. The van der Waals surface area contributed by atoms with Crippen LogP contribution in [0.5, 0.6) is 0 Å². The minimum atomic E-state index is 0.579. The molecule has 0 atom stereocenters. The molecule has 0 amide bonds. The number of imidazole rings is 1. The number of hydrogen-bond donors (Lipinski definition) is 0. The second-order valence-corrected chi connectivity index (χ2v) is 5.81. The molecule has 0 spiro atoms. The number of hydrogen-bond acceptors (Lipinski definition) is 2. The Labute approximate surface area is 119 Å². The fraction of sp³-hybridized carbons (Fsp3) is 0.154. The zero-order valence-electron chi connectivity index (χ0n) is 9.65. The predicted octanol–water partition coefficient (Wildman–Crippen LogP) is 4.93. The average molecular weight is 297 g/mol.